The first-order valence-electron chi connectivity index (χ1n) is 10.5. The number of ether oxygens (including phenoxy) is 3. The molecule has 2 aromatic rings. The molecule has 0 saturated carbocycles. The lowest BCUT2D eigenvalue weighted by Gasteiger charge is -2.35. The fourth-order valence-corrected chi connectivity index (χ4v) is 5.56. The van der Waals surface area contributed by atoms with Crippen LogP contribution in [0.4, 0.5) is 0 Å². The molecule has 3 aliphatic rings. The molecule has 0 aliphatic carbocycles. The van der Waals surface area contributed by atoms with E-state index in [0.717, 1.165) is 17.7 Å². The van der Waals surface area contributed by atoms with E-state index >= 15 is 0 Å². The number of carbonyl (C=O) groups excluding carboxylic acids is 1. The second-order valence-corrected chi connectivity index (χ2v) is 9.74. The largest absolute Gasteiger partial charge is 0.490 e. The number of fused-ring (bicyclic) bond motifs is 2. The van der Waals surface area contributed by atoms with E-state index in [1.54, 1.807) is 17.0 Å². The molecule has 1 saturated heterocycles. The topological polar surface area (TPSA) is 85.4 Å². The molecular formula is C22H24N2O6S. The number of amides is 1. The van der Waals surface area contributed by atoms with Gasteiger partial charge in [0.1, 0.15) is 5.75 Å². The van der Waals surface area contributed by atoms with Crippen molar-refractivity contribution in [1.82, 2.24) is 9.21 Å². The molecule has 0 bridgehead atoms. The third-order valence-corrected chi connectivity index (χ3v) is 7.72. The summed E-state index contributed by atoms with van der Waals surface area (Å²) in [6.45, 7) is 2.18. The van der Waals surface area contributed by atoms with Gasteiger partial charge in [-0.25, -0.2) is 8.42 Å². The van der Waals surface area contributed by atoms with Gasteiger partial charge in [-0.3, -0.25) is 4.79 Å². The Morgan fingerprint density at radius 1 is 0.903 bits per heavy atom. The SMILES string of the molecule is O=C([C@@H]1Cc2ccccc2O1)N1CCN(S(=O)(=O)c2ccc3c(c2)OCCCO3)CC1. The maximum absolute atomic E-state index is 13.1. The molecule has 8 nitrogen and oxygen atoms in total. The number of piperazine rings is 1. The monoisotopic (exact) mass is 444 g/mol. The maximum atomic E-state index is 13.1. The molecule has 0 unspecified atom stereocenters. The highest BCUT2D eigenvalue weighted by molar-refractivity contribution is 7.89. The van der Waals surface area contributed by atoms with Crippen molar-refractivity contribution in [3.63, 3.8) is 0 Å². The lowest BCUT2D eigenvalue weighted by Crippen LogP contribution is -2.53. The van der Waals surface area contributed by atoms with Crippen LogP contribution in [0.2, 0.25) is 0 Å². The first kappa shape index (κ1) is 20.1. The van der Waals surface area contributed by atoms with E-state index in [1.807, 2.05) is 24.3 Å². The first-order valence-corrected chi connectivity index (χ1v) is 11.9. The summed E-state index contributed by atoms with van der Waals surface area (Å²) >= 11 is 0. The predicted octanol–water partition coefficient (Wildman–Crippen LogP) is 1.68. The van der Waals surface area contributed by atoms with E-state index in [0.29, 0.717) is 44.2 Å². The van der Waals surface area contributed by atoms with Gasteiger partial charge in [0, 0.05) is 45.1 Å². The molecule has 5 rings (SSSR count). The summed E-state index contributed by atoms with van der Waals surface area (Å²) in [6.07, 6.45) is 0.759. The molecule has 1 atom stereocenters. The third kappa shape index (κ3) is 3.83. The van der Waals surface area contributed by atoms with Gasteiger partial charge < -0.3 is 19.1 Å². The van der Waals surface area contributed by atoms with Crippen LogP contribution < -0.4 is 14.2 Å². The number of rotatable bonds is 3. The van der Waals surface area contributed by atoms with E-state index in [-0.39, 0.29) is 23.9 Å². The van der Waals surface area contributed by atoms with Crippen molar-refractivity contribution in [2.24, 2.45) is 0 Å². The number of hydrogen-bond donors (Lipinski definition) is 0. The van der Waals surface area contributed by atoms with Crippen LogP contribution in [0.15, 0.2) is 47.4 Å². The average molecular weight is 445 g/mol. The second kappa shape index (κ2) is 8.05. The fraction of sp³-hybridized carbons (Fsp3) is 0.409. The summed E-state index contributed by atoms with van der Waals surface area (Å²) in [6, 6.07) is 12.3. The zero-order valence-corrected chi connectivity index (χ0v) is 17.8. The second-order valence-electron chi connectivity index (χ2n) is 7.81. The zero-order valence-electron chi connectivity index (χ0n) is 17.0. The van der Waals surface area contributed by atoms with Gasteiger partial charge in [-0.1, -0.05) is 18.2 Å². The number of para-hydroxylation sites is 1. The molecule has 0 radical (unpaired) electrons. The van der Waals surface area contributed by atoms with E-state index in [1.165, 1.54) is 10.4 Å². The van der Waals surface area contributed by atoms with Gasteiger partial charge in [-0.15, -0.1) is 0 Å². The molecular weight excluding hydrogens is 420 g/mol. The minimum atomic E-state index is -3.69. The third-order valence-electron chi connectivity index (χ3n) is 5.83. The van der Waals surface area contributed by atoms with Gasteiger partial charge >= 0.3 is 0 Å². The van der Waals surface area contributed by atoms with Gasteiger partial charge in [-0.2, -0.15) is 4.31 Å². The molecule has 1 amide bonds. The minimum absolute atomic E-state index is 0.0937. The number of hydrogen-bond acceptors (Lipinski definition) is 6. The number of sulfonamides is 1. The number of carbonyl (C=O) groups is 1. The first-order chi connectivity index (χ1) is 15.0. The van der Waals surface area contributed by atoms with Gasteiger partial charge in [0.2, 0.25) is 10.0 Å². The van der Waals surface area contributed by atoms with Crippen molar-refractivity contribution in [3.05, 3.63) is 48.0 Å². The van der Waals surface area contributed by atoms with Crippen LogP contribution in [0.5, 0.6) is 17.2 Å². The molecule has 164 valence electrons. The Kier molecular flexibility index (Phi) is 5.23. The van der Waals surface area contributed by atoms with E-state index < -0.39 is 16.1 Å². The minimum Gasteiger partial charge on any atom is -0.490 e. The molecule has 2 aromatic carbocycles. The van der Waals surface area contributed by atoms with Crippen molar-refractivity contribution in [2.45, 2.75) is 23.8 Å². The van der Waals surface area contributed by atoms with E-state index in [4.69, 9.17) is 14.2 Å². The maximum Gasteiger partial charge on any atom is 0.264 e. The van der Waals surface area contributed by atoms with E-state index in [2.05, 4.69) is 0 Å². The average Bonchev–Trinajstić information content (AvgIpc) is 3.09. The standard InChI is InChI=1S/C22H24N2O6S/c25-22(21-14-16-4-1-2-5-18(16)30-21)23-8-10-24(11-9-23)31(26,27)17-6-7-19-20(15-17)29-13-3-12-28-19/h1-2,4-7,15,21H,3,8-14H2/t21-/m0/s1. The summed E-state index contributed by atoms with van der Waals surface area (Å²) in [5, 5.41) is 0. The summed E-state index contributed by atoms with van der Waals surface area (Å²) in [7, 11) is -3.69. The molecule has 0 aromatic heterocycles. The smallest absolute Gasteiger partial charge is 0.264 e. The van der Waals surface area contributed by atoms with Crippen LogP contribution in [0.1, 0.15) is 12.0 Å². The summed E-state index contributed by atoms with van der Waals surface area (Å²) in [5.74, 6) is 1.66. The molecule has 3 aliphatic heterocycles. The number of nitrogens with zero attached hydrogens (tertiary/aromatic N) is 2. The Bertz CT molecular complexity index is 1070. The molecule has 0 N–H and O–H groups in total. The van der Waals surface area contributed by atoms with Crippen molar-refractivity contribution >= 4 is 15.9 Å². The van der Waals surface area contributed by atoms with Crippen LogP contribution >= 0.6 is 0 Å². The molecule has 0 spiro atoms. The van der Waals surface area contributed by atoms with Gasteiger partial charge in [0.15, 0.2) is 17.6 Å². The normalized spacial score (nSPS) is 21.2. The lowest BCUT2D eigenvalue weighted by atomic mass is 10.1. The Hall–Kier alpha value is -2.78. The highest BCUT2D eigenvalue weighted by Crippen LogP contribution is 2.33. The number of benzene rings is 2. The highest BCUT2D eigenvalue weighted by atomic mass is 32.2. The zero-order chi connectivity index (χ0) is 21.4. The molecule has 1 fully saturated rings. The summed E-state index contributed by atoms with van der Waals surface area (Å²) in [5.41, 5.74) is 1.02. The van der Waals surface area contributed by atoms with Crippen molar-refractivity contribution in [1.29, 1.82) is 0 Å². The Morgan fingerprint density at radius 3 is 2.42 bits per heavy atom. The van der Waals surface area contributed by atoms with E-state index in [9.17, 15) is 13.2 Å². The van der Waals surface area contributed by atoms with Crippen LogP contribution in [0.3, 0.4) is 0 Å². The Labute approximate surface area is 181 Å². The van der Waals surface area contributed by atoms with Crippen LogP contribution in [0, 0.1) is 0 Å². The van der Waals surface area contributed by atoms with Crippen molar-refractivity contribution in [3.8, 4) is 17.2 Å². The predicted molar refractivity (Wildman–Crippen MR) is 112 cm³/mol. The van der Waals surface area contributed by atoms with Crippen molar-refractivity contribution < 1.29 is 27.4 Å². The fourth-order valence-electron chi connectivity index (χ4n) is 4.13. The quantitative estimate of drug-likeness (QED) is 0.716. The van der Waals surface area contributed by atoms with Crippen LogP contribution in [-0.2, 0) is 21.2 Å². The summed E-state index contributed by atoms with van der Waals surface area (Å²) < 4.78 is 44.7. The van der Waals surface area contributed by atoms with Crippen LogP contribution in [0.25, 0.3) is 0 Å². The van der Waals surface area contributed by atoms with Gasteiger partial charge in [-0.05, 0) is 23.8 Å². The molecule has 31 heavy (non-hydrogen) atoms. The van der Waals surface area contributed by atoms with Gasteiger partial charge in [0.05, 0.1) is 18.1 Å². The molecule has 9 heteroatoms. The van der Waals surface area contributed by atoms with Crippen LogP contribution in [-0.4, -0.2) is 69.0 Å². The highest BCUT2D eigenvalue weighted by Gasteiger charge is 2.36. The van der Waals surface area contributed by atoms with Crippen molar-refractivity contribution in [2.75, 3.05) is 39.4 Å². The van der Waals surface area contributed by atoms with Gasteiger partial charge in [0.25, 0.3) is 5.91 Å². The molecule has 3 heterocycles. The lowest BCUT2D eigenvalue weighted by molar-refractivity contribution is -0.139. The summed E-state index contributed by atoms with van der Waals surface area (Å²) in [4.78, 5) is 14.8. The Morgan fingerprint density at radius 2 is 1.65 bits per heavy atom. The Balaban J connectivity index is 1.24.